The van der Waals surface area contributed by atoms with Gasteiger partial charge in [-0.1, -0.05) is 11.6 Å². The summed E-state index contributed by atoms with van der Waals surface area (Å²) in [5, 5.41) is 3.12. The second kappa shape index (κ2) is 6.77. The van der Waals surface area contributed by atoms with Crippen LogP contribution >= 0.6 is 11.6 Å². The minimum atomic E-state index is -0.468. The molecule has 0 saturated carbocycles. The van der Waals surface area contributed by atoms with E-state index in [0.717, 1.165) is 0 Å². The number of hydrogen-bond acceptors (Lipinski definition) is 4. The maximum atomic E-state index is 12.0. The third kappa shape index (κ3) is 4.72. The summed E-state index contributed by atoms with van der Waals surface area (Å²) in [6, 6.07) is 8.32. The molecule has 0 fully saturated rings. The van der Waals surface area contributed by atoms with Gasteiger partial charge in [0.25, 0.3) is 5.91 Å². The number of pyridine rings is 1. The normalized spacial score (nSPS) is 11.1. The first-order valence-corrected chi connectivity index (χ1v) is 7.17. The van der Waals surface area contributed by atoms with Crippen molar-refractivity contribution < 1.29 is 9.53 Å². The molecular weight excluding hydrogens is 302 g/mol. The molecule has 0 atom stereocenters. The quantitative estimate of drug-likeness (QED) is 0.888. The molecule has 0 aliphatic heterocycles. The van der Waals surface area contributed by atoms with Gasteiger partial charge in [0.2, 0.25) is 0 Å². The lowest BCUT2D eigenvalue weighted by molar-refractivity contribution is 0.0946. The van der Waals surface area contributed by atoms with Gasteiger partial charge in [0.05, 0.1) is 5.02 Å². The van der Waals surface area contributed by atoms with Crippen molar-refractivity contribution in [2.45, 2.75) is 19.4 Å². The molecule has 1 aromatic heterocycles. The number of benzene rings is 1. The Kier molecular flexibility index (Phi) is 5.00. The Bertz CT molecular complexity index is 654. The van der Waals surface area contributed by atoms with E-state index in [1.54, 1.807) is 42.7 Å². The topological polar surface area (TPSA) is 77.2 Å². The van der Waals surface area contributed by atoms with Crippen LogP contribution in [0.1, 0.15) is 24.2 Å². The zero-order valence-electron chi connectivity index (χ0n) is 12.5. The first-order chi connectivity index (χ1) is 10.3. The highest BCUT2D eigenvalue weighted by atomic mass is 35.5. The summed E-state index contributed by atoms with van der Waals surface area (Å²) in [5.74, 6) is 0.874. The third-order valence-corrected chi connectivity index (χ3v) is 3.07. The SMILES string of the molecule is CC(C)(N)CNC(=O)c1ccc(Oc2ccncc2)c(Cl)c1. The maximum absolute atomic E-state index is 12.0. The number of nitrogens with zero attached hydrogens (tertiary/aromatic N) is 1. The van der Waals surface area contributed by atoms with Crippen LogP contribution in [0.5, 0.6) is 11.5 Å². The third-order valence-electron chi connectivity index (χ3n) is 2.78. The average Bonchev–Trinajstić information content (AvgIpc) is 2.47. The van der Waals surface area contributed by atoms with Gasteiger partial charge in [-0.25, -0.2) is 0 Å². The molecule has 1 heterocycles. The highest BCUT2D eigenvalue weighted by Crippen LogP contribution is 2.29. The highest BCUT2D eigenvalue weighted by Gasteiger charge is 2.14. The van der Waals surface area contributed by atoms with Crippen molar-refractivity contribution in [3.63, 3.8) is 0 Å². The zero-order valence-corrected chi connectivity index (χ0v) is 13.2. The van der Waals surface area contributed by atoms with Crippen LogP contribution in [0.4, 0.5) is 0 Å². The molecule has 0 saturated heterocycles. The molecule has 0 radical (unpaired) electrons. The van der Waals surface area contributed by atoms with Crippen LogP contribution in [0.2, 0.25) is 5.02 Å². The summed E-state index contributed by atoms with van der Waals surface area (Å²) in [7, 11) is 0. The smallest absolute Gasteiger partial charge is 0.251 e. The predicted molar refractivity (Wildman–Crippen MR) is 86.4 cm³/mol. The minimum Gasteiger partial charge on any atom is -0.456 e. The van der Waals surface area contributed by atoms with E-state index in [4.69, 9.17) is 22.1 Å². The van der Waals surface area contributed by atoms with Crippen LogP contribution in [-0.4, -0.2) is 23.0 Å². The van der Waals surface area contributed by atoms with Crippen molar-refractivity contribution in [1.82, 2.24) is 10.3 Å². The Labute approximate surface area is 134 Å². The molecule has 1 amide bonds. The molecule has 0 unspecified atom stereocenters. The molecule has 5 nitrogen and oxygen atoms in total. The van der Waals surface area contributed by atoms with E-state index in [9.17, 15) is 4.79 Å². The number of ether oxygens (including phenoxy) is 1. The number of halogens is 1. The van der Waals surface area contributed by atoms with E-state index < -0.39 is 5.54 Å². The van der Waals surface area contributed by atoms with Crippen molar-refractivity contribution in [1.29, 1.82) is 0 Å². The van der Waals surface area contributed by atoms with Gasteiger partial charge in [-0.3, -0.25) is 9.78 Å². The number of hydrogen-bond donors (Lipinski definition) is 2. The lowest BCUT2D eigenvalue weighted by Crippen LogP contribution is -2.45. The van der Waals surface area contributed by atoms with Gasteiger partial charge >= 0.3 is 0 Å². The van der Waals surface area contributed by atoms with E-state index >= 15 is 0 Å². The number of amides is 1. The molecule has 3 N–H and O–H groups in total. The summed E-state index contributed by atoms with van der Waals surface area (Å²) in [6.45, 7) is 4.05. The lowest BCUT2D eigenvalue weighted by atomic mass is 10.1. The van der Waals surface area contributed by atoms with Gasteiger partial charge in [-0.15, -0.1) is 0 Å². The Hall–Kier alpha value is -2.11. The fraction of sp³-hybridized carbons (Fsp3) is 0.250. The van der Waals surface area contributed by atoms with Crippen molar-refractivity contribution in [3.8, 4) is 11.5 Å². The number of nitrogens with one attached hydrogen (secondary N) is 1. The molecule has 1 aromatic carbocycles. The van der Waals surface area contributed by atoms with Crippen LogP contribution in [0.15, 0.2) is 42.7 Å². The first-order valence-electron chi connectivity index (χ1n) is 6.80. The largest absolute Gasteiger partial charge is 0.456 e. The number of nitrogens with two attached hydrogens (primary N) is 1. The van der Waals surface area contributed by atoms with E-state index in [-0.39, 0.29) is 5.91 Å². The van der Waals surface area contributed by atoms with Crippen LogP contribution in [0.3, 0.4) is 0 Å². The molecule has 0 aliphatic rings. The number of carbonyl (C=O) groups is 1. The van der Waals surface area contributed by atoms with Crippen molar-refractivity contribution >= 4 is 17.5 Å². The molecular formula is C16H18ClN3O2. The van der Waals surface area contributed by atoms with Crippen LogP contribution in [-0.2, 0) is 0 Å². The van der Waals surface area contributed by atoms with Gasteiger partial charge in [-0.05, 0) is 44.2 Å². The first kappa shape index (κ1) is 16.3. The molecule has 6 heteroatoms. The van der Waals surface area contributed by atoms with Gasteiger partial charge in [0, 0.05) is 30.0 Å². The van der Waals surface area contributed by atoms with Crippen LogP contribution in [0, 0.1) is 0 Å². The van der Waals surface area contributed by atoms with E-state index in [0.29, 0.717) is 28.6 Å². The highest BCUT2D eigenvalue weighted by molar-refractivity contribution is 6.32. The summed E-state index contributed by atoms with van der Waals surface area (Å²) in [4.78, 5) is 15.9. The Morgan fingerprint density at radius 3 is 2.59 bits per heavy atom. The van der Waals surface area contributed by atoms with Gasteiger partial charge in [0.15, 0.2) is 0 Å². The summed E-state index contributed by atoms with van der Waals surface area (Å²) in [6.07, 6.45) is 3.25. The fourth-order valence-corrected chi connectivity index (χ4v) is 1.89. The Morgan fingerprint density at radius 2 is 2.00 bits per heavy atom. The van der Waals surface area contributed by atoms with E-state index in [1.807, 2.05) is 13.8 Å². The van der Waals surface area contributed by atoms with Crippen LogP contribution in [0.25, 0.3) is 0 Å². The fourth-order valence-electron chi connectivity index (χ4n) is 1.67. The molecule has 0 aliphatic carbocycles. The predicted octanol–water partition coefficient (Wildman–Crippen LogP) is 2.99. The average molecular weight is 320 g/mol. The number of rotatable bonds is 5. The number of aromatic nitrogens is 1. The lowest BCUT2D eigenvalue weighted by Gasteiger charge is -2.19. The summed E-state index contributed by atoms with van der Waals surface area (Å²) in [5.41, 5.74) is 5.82. The molecule has 116 valence electrons. The van der Waals surface area contributed by atoms with E-state index in [1.165, 1.54) is 0 Å². The molecule has 2 rings (SSSR count). The molecule has 0 bridgehead atoms. The minimum absolute atomic E-state index is 0.226. The number of carbonyl (C=O) groups excluding carboxylic acids is 1. The second-order valence-electron chi connectivity index (χ2n) is 5.60. The van der Waals surface area contributed by atoms with Gasteiger partial charge in [-0.2, -0.15) is 0 Å². The molecule has 2 aromatic rings. The molecule has 0 spiro atoms. The Balaban J connectivity index is 2.08. The Morgan fingerprint density at radius 1 is 1.32 bits per heavy atom. The van der Waals surface area contributed by atoms with Gasteiger partial charge in [0.1, 0.15) is 11.5 Å². The summed E-state index contributed by atoms with van der Waals surface area (Å²) < 4.78 is 5.63. The zero-order chi connectivity index (χ0) is 16.2. The maximum Gasteiger partial charge on any atom is 0.251 e. The monoisotopic (exact) mass is 319 g/mol. The standard InChI is InChI=1S/C16H18ClN3O2/c1-16(2,18)10-20-15(21)11-3-4-14(13(17)9-11)22-12-5-7-19-8-6-12/h3-9H,10,18H2,1-2H3,(H,20,21). The van der Waals surface area contributed by atoms with Gasteiger partial charge < -0.3 is 15.8 Å². The van der Waals surface area contributed by atoms with Crippen molar-refractivity contribution in [2.24, 2.45) is 5.73 Å². The second-order valence-corrected chi connectivity index (χ2v) is 6.01. The van der Waals surface area contributed by atoms with Crippen molar-refractivity contribution in [3.05, 3.63) is 53.3 Å². The van der Waals surface area contributed by atoms with Crippen LogP contribution < -0.4 is 15.8 Å². The van der Waals surface area contributed by atoms with E-state index in [2.05, 4.69) is 10.3 Å². The molecule has 22 heavy (non-hydrogen) atoms. The van der Waals surface area contributed by atoms with Crippen molar-refractivity contribution in [2.75, 3.05) is 6.54 Å². The summed E-state index contributed by atoms with van der Waals surface area (Å²) >= 11 is 6.17.